The van der Waals surface area contributed by atoms with Crippen LogP contribution < -0.4 is 15.4 Å². The molecule has 0 aliphatic rings. The molecule has 0 bridgehead atoms. The van der Waals surface area contributed by atoms with Gasteiger partial charge in [-0.05, 0) is 30.5 Å². The summed E-state index contributed by atoms with van der Waals surface area (Å²) in [7, 11) is 4.96. The highest BCUT2D eigenvalue weighted by atomic mass is 19.1. The number of rotatable bonds is 9. The molecule has 186 valence electrons. The van der Waals surface area contributed by atoms with Gasteiger partial charge < -0.3 is 25.2 Å². The van der Waals surface area contributed by atoms with Crippen molar-refractivity contribution in [3.63, 3.8) is 0 Å². The standard InChI is InChI=1S/C24H29FN6O4/c1-7-35-23(33)19(27)18(21(32)14-8-9-15(11-26)16(25)10-14)20(13(2)3)29-17-12-28-24(31(4)5)30-22(17)34-6/h8-10,12-13,21,32H,7,27H2,1-6H3. The van der Waals surface area contributed by atoms with Crippen molar-refractivity contribution >= 4 is 23.3 Å². The number of anilines is 1. The maximum atomic E-state index is 14.3. The van der Waals surface area contributed by atoms with E-state index in [1.165, 1.54) is 25.4 Å². The van der Waals surface area contributed by atoms with Gasteiger partial charge in [-0.3, -0.25) is 0 Å². The molecule has 11 heteroatoms. The van der Waals surface area contributed by atoms with Crippen molar-refractivity contribution in [3.05, 3.63) is 52.6 Å². The number of hydrogen-bond acceptors (Lipinski definition) is 10. The number of nitriles is 1. The predicted molar refractivity (Wildman–Crippen MR) is 129 cm³/mol. The zero-order chi connectivity index (χ0) is 26.3. The van der Waals surface area contributed by atoms with Crippen molar-refractivity contribution in [2.45, 2.75) is 26.9 Å². The molecule has 1 aromatic carbocycles. The lowest BCUT2D eigenvalue weighted by Gasteiger charge is -2.22. The topological polar surface area (TPSA) is 147 Å². The number of esters is 1. The Morgan fingerprint density at radius 1 is 1.37 bits per heavy atom. The monoisotopic (exact) mass is 484 g/mol. The molecule has 3 N–H and O–H groups in total. The van der Waals surface area contributed by atoms with Gasteiger partial charge in [-0.15, -0.1) is 0 Å². The summed E-state index contributed by atoms with van der Waals surface area (Å²) in [6.07, 6.45) is -0.120. The molecule has 0 saturated carbocycles. The lowest BCUT2D eigenvalue weighted by molar-refractivity contribution is -0.138. The van der Waals surface area contributed by atoms with E-state index in [4.69, 9.17) is 20.5 Å². The highest BCUT2D eigenvalue weighted by Gasteiger charge is 2.29. The fourth-order valence-corrected chi connectivity index (χ4v) is 3.13. The predicted octanol–water partition coefficient (Wildman–Crippen LogP) is 2.80. The maximum absolute atomic E-state index is 14.3. The van der Waals surface area contributed by atoms with E-state index in [2.05, 4.69) is 15.0 Å². The number of hydrogen-bond donors (Lipinski definition) is 2. The van der Waals surface area contributed by atoms with Crippen molar-refractivity contribution in [2.75, 3.05) is 32.7 Å². The van der Waals surface area contributed by atoms with E-state index in [1.807, 2.05) is 0 Å². The van der Waals surface area contributed by atoms with Gasteiger partial charge in [0.1, 0.15) is 29.4 Å². The number of nitrogens with zero attached hydrogens (tertiary/aromatic N) is 5. The Bertz CT molecular complexity index is 1190. The Labute approximate surface area is 203 Å². The quantitative estimate of drug-likeness (QED) is 0.311. The van der Waals surface area contributed by atoms with Gasteiger partial charge in [0.05, 0.1) is 31.2 Å². The van der Waals surface area contributed by atoms with E-state index in [0.717, 1.165) is 6.07 Å². The van der Waals surface area contributed by atoms with Crippen LogP contribution >= 0.6 is 0 Å². The molecule has 0 amide bonds. The van der Waals surface area contributed by atoms with E-state index >= 15 is 0 Å². The highest BCUT2D eigenvalue weighted by molar-refractivity contribution is 6.09. The number of carbonyl (C=O) groups is 1. The Kier molecular flexibility index (Phi) is 9.25. The molecule has 2 rings (SSSR count). The van der Waals surface area contributed by atoms with E-state index in [0.29, 0.717) is 5.95 Å². The first-order chi connectivity index (χ1) is 16.5. The Balaban J connectivity index is 2.78. The third-order valence-electron chi connectivity index (χ3n) is 4.87. The third kappa shape index (κ3) is 6.30. The van der Waals surface area contributed by atoms with Crippen LogP contribution in [0.5, 0.6) is 5.88 Å². The molecule has 1 heterocycles. The molecule has 0 spiro atoms. The molecule has 0 aliphatic heterocycles. The first-order valence-corrected chi connectivity index (χ1v) is 10.8. The summed E-state index contributed by atoms with van der Waals surface area (Å²) in [6.45, 7) is 5.23. The van der Waals surface area contributed by atoms with Crippen LogP contribution in [0.25, 0.3) is 0 Å². The van der Waals surface area contributed by atoms with E-state index in [1.54, 1.807) is 45.8 Å². The summed E-state index contributed by atoms with van der Waals surface area (Å²) >= 11 is 0. The SMILES string of the molecule is CCOC(=O)C(N)=C(C(=Nc1cnc(N(C)C)nc1OC)C(C)C)C(O)c1ccc(C#N)c(F)c1. The number of carbonyl (C=O) groups excluding carboxylic acids is 1. The first-order valence-electron chi connectivity index (χ1n) is 10.8. The first kappa shape index (κ1) is 27.2. The van der Waals surface area contributed by atoms with Crippen molar-refractivity contribution in [1.29, 1.82) is 5.26 Å². The van der Waals surface area contributed by atoms with Crippen LogP contribution in [0.15, 0.2) is 40.7 Å². The van der Waals surface area contributed by atoms with Crippen LogP contribution in [-0.4, -0.2) is 54.6 Å². The second-order valence-corrected chi connectivity index (χ2v) is 7.91. The minimum absolute atomic E-state index is 0.0518. The number of aromatic nitrogens is 2. The summed E-state index contributed by atoms with van der Waals surface area (Å²) in [5, 5.41) is 20.3. The van der Waals surface area contributed by atoms with Crippen molar-refractivity contribution in [1.82, 2.24) is 9.97 Å². The van der Waals surface area contributed by atoms with Gasteiger partial charge in [-0.1, -0.05) is 19.9 Å². The Morgan fingerprint density at radius 3 is 2.57 bits per heavy atom. The number of aliphatic imine (C=N–C) groups is 1. The van der Waals surface area contributed by atoms with Gasteiger partial charge in [0.15, 0.2) is 0 Å². The summed E-state index contributed by atoms with van der Waals surface area (Å²) < 4.78 is 24.7. The van der Waals surface area contributed by atoms with Gasteiger partial charge in [0.2, 0.25) is 11.8 Å². The zero-order valence-electron chi connectivity index (χ0n) is 20.5. The Hall–Kier alpha value is -4.04. The number of methoxy groups -OCH3 is 1. The van der Waals surface area contributed by atoms with Gasteiger partial charge in [-0.25, -0.2) is 19.2 Å². The van der Waals surface area contributed by atoms with Gasteiger partial charge in [-0.2, -0.15) is 10.2 Å². The minimum Gasteiger partial charge on any atom is -0.479 e. The van der Waals surface area contributed by atoms with Gasteiger partial charge in [0, 0.05) is 19.7 Å². The number of halogens is 1. The lowest BCUT2D eigenvalue weighted by Crippen LogP contribution is -2.27. The van der Waals surface area contributed by atoms with Crippen molar-refractivity contribution in [2.24, 2.45) is 16.6 Å². The van der Waals surface area contributed by atoms with Crippen molar-refractivity contribution in [3.8, 4) is 11.9 Å². The average molecular weight is 485 g/mol. The van der Waals surface area contributed by atoms with E-state index in [-0.39, 0.29) is 52.2 Å². The molecule has 1 unspecified atom stereocenters. The summed E-state index contributed by atoms with van der Waals surface area (Å²) in [5.74, 6) is -1.50. The van der Waals surface area contributed by atoms with E-state index in [9.17, 15) is 14.3 Å². The van der Waals surface area contributed by atoms with Gasteiger partial charge >= 0.3 is 5.97 Å². The van der Waals surface area contributed by atoms with Crippen LogP contribution in [0.1, 0.15) is 38.0 Å². The second kappa shape index (κ2) is 11.9. The van der Waals surface area contributed by atoms with Crippen LogP contribution in [0.2, 0.25) is 0 Å². The molecule has 0 saturated heterocycles. The van der Waals surface area contributed by atoms with Gasteiger partial charge in [0.25, 0.3) is 0 Å². The second-order valence-electron chi connectivity index (χ2n) is 7.91. The van der Waals surface area contributed by atoms with Crippen LogP contribution in [0, 0.1) is 23.1 Å². The number of aliphatic hydroxyl groups excluding tert-OH is 1. The van der Waals surface area contributed by atoms with Crippen LogP contribution in [0.3, 0.4) is 0 Å². The normalized spacial score (nSPS) is 13.1. The number of nitrogens with two attached hydrogens (primary N) is 1. The lowest BCUT2D eigenvalue weighted by atomic mass is 9.89. The molecule has 0 aliphatic carbocycles. The summed E-state index contributed by atoms with van der Waals surface area (Å²) in [5.41, 5.74) is 6.03. The fourth-order valence-electron chi connectivity index (χ4n) is 3.13. The average Bonchev–Trinajstić information content (AvgIpc) is 2.83. The zero-order valence-corrected chi connectivity index (χ0v) is 20.5. The Morgan fingerprint density at radius 2 is 2.06 bits per heavy atom. The third-order valence-corrected chi connectivity index (χ3v) is 4.87. The smallest absolute Gasteiger partial charge is 0.354 e. The molecule has 35 heavy (non-hydrogen) atoms. The fraction of sp³-hybridized carbons (Fsp3) is 0.375. The molecule has 10 nitrogen and oxygen atoms in total. The summed E-state index contributed by atoms with van der Waals surface area (Å²) in [6, 6.07) is 5.34. The van der Waals surface area contributed by atoms with Crippen LogP contribution in [-0.2, 0) is 9.53 Å². The number of benzene rings is 1. The van der Waals surface area contributed by atoms with E-state index < -0.39 is 17.9 Å². The maximum Gasteiger partial charge on any atom is 0.354 e. The minimum atomic E-state index is -1.56. The molecular formula is C24H29FN6O4. The van der Waals surface area contributed by atoms with Crippen molar-refractivity contribution < 1.29 is 23.8 Å². The highest BCUT2D eigenvalue weighted by Crippen LogP contribution is 2.33. The summed E-state index contributed by atoms with van der Waals surface area (Å²) in [4.78, 5) is 27.4. The molecule has 1 aromatic heterocycles. The van der Waals surface area contributed by atoms with Crippen LogP contribution in [0.4, 0.5) is 16.0 Å². The molecular weight excluding hydrogens is 455 g/mol. The molecule has 0 fully saturated rings. The largest absolute Gasteiger partial charge is 0.479 e. The number of aliphatic hydroxyl groups is 1. The molecule has 2 aromatic rings. The molecule has 0 radical (unpaired) electrons. The number of ether oxygens (including phenoxy) is 2. The molecule has 1 atom stereocenters.